The van der Waals surface area contributed by atoms with E-state index in [0.717, 1.165) is 12.2 Å². The number of rotatable bonds is 2. The third-order valence-corrected chi connectivity index (χ3v) is 3.36. The van der Waals surface area contributed by atoms with E-state index in [1.165, 1.54) is 24.1 Å². The van der Waals surface area contributed by atoms with Gasteiger partial charge in [-0.25, -0.2) is 0 Å². The molecule has 1 atom stereocenters. The molecule has 1 unspecified atom stereocenters. The summed E-state index contributed by atoms with van der Waals surface area (Å²) in [6.45, 7) is 4.56. The first-order valence-corrected chi connectivity index (χ1v) is 5.75. The second kappa shape index (κ2) is 4.21. The lowest BCUT2D eigenvalue weighted by Crippen LogP contribution is -2.17. The molecule has 1 heterocycles. The van der Waals surface area contributed by atoms with E-state index < -0.39 is 0 Å². The maximum absolute atomic E-state index is 5.40. The summed E-state index contributed by atoms with van der Waals surface area (Å²) in [4.78, 5) is 4.55. The van der Waals surface area contributed by atoms with Gasteiger partial charge in [-0.05, 0) is 31.2 Å². The van der Waals surface area contributed by atoms with Crippen LogP contribution >= 0.6 is 0 Å². The Bertz CT molecular complexity index is 346. The van der Waals surface area contributed by atoms with Crippen molar-refractivity contribution in [3.8, 4) is 5.75 Å². The van der Waals surface area contributed by atoms with Crippen molar-refractivity contribution in [3.63, 3.8) is 0 Å². The van der Waals surface area contributed by atoms with Gasteiger partial charge in [0.2, 0.25) is 0 Å². The van der Waals surface area contributed by atoms with Crippen molar-refractivity contribution < 1.29 is 4.74 Å². The van der Waals surface area contributed by atoms with Crippen LogP contribution in [0.5, 0.6) is 5.75 Å². The van der Waals surface area contributed by atoms with E-state index in [1.807, 2.05) is 12.3 Å². The van der Waals surface area contributed by atoms with Crippen molar-refractivity contribution in [1.29, 1.82) is 0 Å². The topological polar surface area (TPSA) is 22.1 Å². The van der Waals surface area contributed by atoms with E-state index in [4.69, 9.17) is 4.74 Å². The van der Waals surface area contributed by atoms with Crippen LogP contribution in [0.1, 0.15) is 43.9 Å². The van der Waals surface area contributed by atoms with Crippen LogP contribution < -0.4 is 4.74 Å². The number of methoxy groups -OCH3 is 1. The molecule has 0 saturated carbocycles. The number of pyridine rings is 1. The molecule has 0 N–H and O–H groups in total. The van der Waals surface area contributed by atoms with Gasteiger partial charge in [0, 0.05) is 17.7 Å². The number of fused-ring (bicyclic) bond motifs is 1. The van der Waals surface area contributed by atoms with E-state index in [9.17, 15) is 0 Å². The first kappa shape index (κ1) is 10.5. The van der Waals surface area contributed by atoms with Crippen molar-refractivity contribution >= 4 is 0 Å². The maximum Gasteiger partial charge on any atom is 0.125 e. The van der Waals surface area contributed by atoms with Gasteiger partial charge in [0.15, 0.2) is 0 Å². The highest BCUT2D eigenvalue weighted by Crippen LogP contribution is 2.38. The molecule has 0 spiro atoms. The SMILES string of the molecule is COc1ccnc2c1CCCC2C(C)C. The Balaban J connectivity index is 2.44. The molecule has 0 aliphatic heterocycles. The first-order chi connectivity index (χ1) is 7.24. The van der Waals surface area contributed by atoms with Crippen LogP contribution in [0.3, 0.4) is 0 Å². The highest BCUT2D eigenvalue weighted by molar-refractivity contribution is 5.39. The van der Waals surface area contributed by atoms with Gasteiger partial charge in [-0.15, -0.1) is 0 Å². The van der Waals surface area contributed by atoms with Gasteiger partial charge in [0.1, 0.15) is 5.75 Å². The average molecular weight is 205 g/mol. The summed E-state index contributed by atoms with van der Waals surface area (Å²) in [7, 11) is 1.74. The Morgan fingerprint density at radius 2 is 2.27 bits per heavy atom. The zero-order valence-corrected chi connectivity index (χ0v) is 9.79. The summed E-state index contributed by atoms with van der Waals surface area (Å²) in [5.41, 5.74) is 2.61. The summed E-state index contributed by atoms with van der Waals surface area (Å²) in [6.07, 6.45) is 5.52. The predicted octanol–water partition coefficient (Wildman–Crippen LogP) is 3.17. The van der Waals surface area contributed by atoms with Gasteiger partial charge >= 0.3 is 0 Å². The molecule has 1 aromatic heterocycles. The highest BCUT2D eigenvalue weighted by Gasteiger charge is 2.26. The van der Waals surface area contributed by atoms with E-state index in [-0.39, 0.29) is 0 Å². The molecule has 15 heavy (non-hydrogen) atoms. The lowest BCUT2D eigenvalue weighted by atomic mass is 9.80. The van der Waals surface area contributed by atoms with Crippen LogP contribution in [-0.2, 0) is 6.42 Å². The van der Waals surface area contributed by atoms with Gasteiger partial charge in [0.25, 0.3) is 0 Å². The molecule has 0 fully saturated rings. The fourth-order valence-electron chi connectivity index (χ4n) is 2.54. The Morgan fingerprint density at radius 1 is 1.47 bits per heavy atom. The van der Waals surface area contributed by atoms with Crippen LogP contribution in [-0.4, -0.2) is 12.1 Å². The summed E-state index contributed by atoms with van der Waals surface area (Å²) in [6, 6.07) is 1.97. The molecule has 0 saturated heterocycles. The Labute approximate surface area is 91.7 Å². The number of ether oxygens (including phenoxy) is 1. The van der Waals surface area contributed by atoms with E-state index in [2.05, 4.69) is 18.8 Å². The van der Waals surface area contributed by atoms with Gasteiger partial charge in [-0.2, -0.15) is 0 Å². The van der Waals surface area contributed by atoms with Crippen molar-refractivity contribution in [2.24, 2.45) is 5.92 Å². The molecular weight excluding hydrogens is 186 g/mol. The Hall–Kier alpha value is -1.05. The fraction of sp³-hybridized carbons (Fsp3) is 0.615. The molecule has 1 aliphatic rings. The van der Waals surface area contributed by atoms with Crippen molar-refractivity contribution in [2.75, 3.05) is 7.11 Å². The fourth-order valence-corrected chi connectivity index (χ4v) is 2.54. The van der Waals surface area contributed by atoms with Crippen molar-refractivity contribution in [3.05, 3.63) is 23.5 Å². The normalized spacial score (nSPS) is 20.1. The molecule has 1 aliphatic carbocycles. The highest BCUT2D eigenvalue weighted by atomic mass is 16.5. The van der Waals surface area contributed by atoms with Crippen molar-refractivity contribution in [2.45, 2.75) is 39.0 Å². The van der Waals surface area contributed by atoms with Gasteiger partial charge in [0.05, 0.1) is 12.8 Å². The minimum Gasteiger partial charge on any atom is -0.496 e. The minimum absolute atomic E-state index is 0.615. The third kappa shape index (κ3) is 1.85. The first-order valence-electron chi connectivity index (χ1n) is 5.75. The lowest BCUT2D eigenvalue weighted by Gasteiger charge is -2.28. The van der Waals surface area contributed by atoms with E-state index in [1.54, 1.807) is 7.11 Å². The van der Waals surface area contributed by atoms with Gasteiger partial charge < -0.3 is 4.74 Å². The van der Waals surface area contributed by atoms with Crippen LogP contribution in [0.25, 0.3) is 0 Å². The number of nitrogens with zero attached hydrogens (tertiary/aromatic N) is 1. The molecule has 2 nitrogen and oxygen atoms in total. The van der Waals surface area contributed by atoms with Crippen LogP contribution in [0.15, 0.2) is 12.3 Å². The molecule has 0 amide bonds. The van der Waals surface area contributed by atoms with Crippen molar-refractivity contribution in [1.82, 2.24) is 4.98 Å². The van der Waals surface area contributed by atoms with E-state index >= 15 is 0 Å². The Kier molecular flexibility index (Phi) is 2.94. The smallest absolute Gasteiger partial charge is 0.125 e. The van der Waals surface area contributed by atoms with E-state index in [0.29, 0.717) is 11.8 Å². The van der Waals surface area contributed by atoms with Gasteiger partial charge in [-0.3, -0.25) is 4.98 Å². The van der Waals surface area contributed by atoms with Crippen LogP contribution in [0, 0.1) is 5.92 Å². The average Bonchev–Trinajstić information content (AvgIpc) is 2.27. The number of hydrogen-bond acceptors (Lipinski definition) is 2. The molecule has 82 valence electrons. The summed E-state index contributed by atoms with van der Waals surface area (Å²) >= 11 is 0. The second-order valence-corrected chi connectivity index (χ2v) is 4.62. The summed E-state index contributed by atoms with van der Waals surface area (Å²) in [5.74, 6) is 2.30. The van der Waals surface area contributed by atoms with Gasteiger partial charge in [-0.1, -0.05) is 13.8 Å². The second-order valence-electron chi connectivity index (χ2n) is 4.62. The molecule has 2 heteroatoms. The zero-order chi connectivity index (χ0) is 10.8. The molecule has 1 aromatic rings. The lowest BCUT2D eigenvalue weighted by molar-refractivity contribution is 0.384. The number of aromatic nitrogens is 1. The van der Waals surface area contributed by atoms with Crippen LogP contribution in [0.2, 0.25) is 0 Å². The zero-order valence-electron chi connectivity index (χ0n) is 9.79. The quantitative estimate of drug-likeness (QED) is 0.740. The Morgan fingerprint density at radius 3 is 2.93 bits per heavy atom. The predicted molar refractivity (Wildman–Crippen MR) is 61.3 cm³/mol. The molecule has 0 radical (unpaired) electrons. The largest absolute Gasteiger partial charge is 0.496 e. The standard InChI is InChI=1S/C13H19NO/c1-9(2)10-5-4-6-11-12(15-3)7-8-14-13(10)11/h7-10H,4-6H2,1-3H3. The summed E-state index contributed by atoms with van der Waals surface area (Å²) in [5, 5.41) is 0. The minimum atomic E-state index is 0.615. The summed E-state index contributed by atoms with van der Waals surface area (Å²) < 4.78 is 5.40. The monoisotopic (exact) mass is 205 g/mol. The van der Waals surface area contributed by atoms with Crippen LogP contribution in [0.4, 0.5) is 0 Å². The maximum atomic E-state index is 5.40. The third-order valence-electron chi connectivity index (χ3n) is 3.36. The molecule has 0 aromatic carbocycles. The molecule has 2 rings (SSSR count). The number of hydrogen-bond donors (Lipinski definition) is 0. The molecular formula is C13H19NO. The molecule has 0 bridgehead atoms.